The minimum Gasteiger partial charge on any atom is -0.310 e. The number of nitrogens with one attached hydrogen (secondary N) is 1. The van der Waals surface area contributed by atoms with Crippen molar-refractivity contribution in [2.45, 2.75) is 38.9 Å². The first-order valence-corrected chi connectivity index (χ1v) is 8.71. The molecule has 0 saturated heterocycles. The molecule has 0 fully saturated rings. The molecule has 9 heteroatoms. The van der Waals surface area contributed by atoms with Crippen LogP contribution >= 0.6 is 11.8 Å². The van der Waals surface area contributed by atoms with Crippen molar-refractivity contribution in [1.82, 2.24) is 29.4 Å². The van der Waals surface area contributed by atoms with E-state index in [4.69, 9.17) is 0 Å². The summed E-state index contributed by atoms with van der Waals surface area (Å²) in [5.74, 6) is 1.37. The van der Waals surface area contributed by atoms with Crippen molar-refractivity contribution in [2.75, 3.05) is 11.1 Å². The fourth-order valence-corrected chi connectivity index (χ4v) is 2.96. The number of amides is 1. The van der Waals surface area contributed by atoms with Gasteiger partial charge in [0.05, 0.1) is 11.9 Å². The van der Waals surface area contributed by atoms with Crippen LogP contribution in [0.15, 0.2) is 23.5 Å². The Morgan fingerprint density at radius 3 is 2.96 bits per heavy atom. The molecule has 0 aliphatic carbocycles. The summed E-state index contributed by atoms with van der Waals surface area (Å²) in [6, 6.07) is 3.73. The number of aromatic nitrogens is 6. The molecule has 24 heavy (non-hydrogen) atoms. The molecule has 1 amide bonds. The monoisotopic (exact) mass is 345 g/mol. The molecule has 8 nitrogen and oxygen atoms in total. The number of carbonyl (C=O) groups excluding carboxylic acids is 1. The van der Waals surface area contributed by atoms with E-state index < -0.39 is 0 Å². The van der Waals surface area contributed by atoms with Crippen LogP contribution in [0.5, 0.6) is 0 Å². The third-order valence-electron chi connectivity index (χ3n) is 3.35. The molecule has 3 heterocycles. The molecule has 3 rings (SSSR count). The molecule has 0 radical (unpaired) electrons. The van der Waals surface area contributed by atoms with Gasteiger partial charge in [-0.3, -0.25) is 4.79 Å². The van der Waals surface area contributed by atoms with E-state index >= 15 is 0 Å². The minimum absolute atomic E-state index is 0.113. The Morgan fingerprint density at radius 1 is 1.33 bits per heavy atom. The van der Waals surface area contributed by atoms with Crippen LogP contribution in [0, 0.1) is 13.8 Å². The lowest BCUT2D eigenvalue weighted by Crippen LogP contribution is -2.17. The zero-order valence-corrected chi connectivity index (χ0v) is 14.7. The van der Waals surface area contributed by atoms with Gasteiger partial charge in [-0.05, 0) is 26.3 Å². The molecule has 0 aromatic carbocycles. The number of carbonyl (C=O) groups is 1. The van der Waals surface area contributed by atoms with E-state index in [0.29, 0.717) is 16.8 Å². The molecule has 1 N–H and O–H groups in total. The van der Waals surface area contributed by atoms with Crippen LogP contribution in [0.25, 0.3) is 5.78 Å². The van der Waals surface area contributed by atoms with Gasteiger partial charge < -0.3 is 5.32 Å². The average molecular weight is 345 g/mol. The van der Waals surface area contributed by atoms with Gasteiger partial charge in [0.2, 0.25) is 11.1 Å². The van der Waals surface area contributed by atoms with Crippen molar-refractivity contribution < 1.29 is 4.79 Å². The Bertz CT molecular complexity index is 870. The first-order chi connectivity index (χ1) is 11.6. The Morgan fingerprint density at radius 2 is 2.17 bits per heavy atom. The largest absolute Gasteiger partial charge is 0.310 e. The molecule has 0 aliphatic rings. The molecular weight excluding hydrogens is 326 g/mol. The smallest absolute Gasteiger partial charge is 0.253 e. The Kier molecular flexibility index (Phi) is 4.79. The lowest BCUT2D eigenvalue weighted by molar-refractivity contribution is -0.113. The molecule has 0 saturated carbocycles. The SMILES string of the molecule is CCCn1nccc1NC(=O)CSc1nc2nc(C)cc(C)n2n1. The number of anilines is 1. The molecule has 0 spiro atoms. The van der Waals surface area contributed by atoms with Gasteiger partial charge in [0.25, 0.3) is 5.78 Å². The van der Waals surface area contributed by atoms with Gasteiger partial charge >= 0.3 is 0 Å². The number of aryl methyl sites for hydroxylation is 3. The van der Waals surface area contributed by atoms with Gasteiger partial charge in [0.15, 0.2) is 0 Å². The molecule has 0 atom stereocenters. The summed E-state index contributed by atoms with van der Waals surface area (Å²) >= 11 is 1.29. The second-order valence-electron chi connectivity index (χ2n) is 5.42. The zero-order chi connectivity index (χ0) is 17.1. The van der Waals surface area contributed by atoms with E-state index in [9.17, 15) is 4.79 Å². The van der Waals surface area contributed by atoms with E-state index in [1.54, 1.807) is 21.5 Å². The Hall–Kier alpha value is -2.42. The molecule has 0 aliphatic heterocycles. The summed E-state index contributed by atoms with van der Waals surface area (Å²) < 4.78 is 3.46. The first-order valence-electron chi connectivity index (χ1n) is 7.72. The van der Waals surface area contributed by atoms with Crippen LogP contribution < -0.4 is 5.32 Å². The summed E-state index contributed by atoms with van der Waals surface area (Å²) in [6.07, 6.45) is 2.63. The quantitative estimate of drug-likeness (QED) is 0.688. The normalized spacial score (nSPS) is 11.1. The summed E-state index contributed by atoms with van der Waals surface area (Å²) in [7, 11) is 0. The number of fused-ring (bicyclic) bond motifs is 1. The van der Waals surface area contributed by atoms with Crippen LogP contribution in [0.1, 0.15) is 24.7 Å². The van der Waals surface area contributed by atoms with Gasteiger partial charge in [-0.25, -0.2) is 14.2 Å². The Balaban J connectivity index is 1.64. The maximum Gasteiger partial charge on any atom is 0.253 e. The minimum atomic E-state index is -0.113. The van der Waals surface area contributed by atoms with Crippen LogP contribution in [-0.4, -0.2) is 41.0 Å². The maximum atomic E-state index is 12.1. The van der Waals surface area contributed by atoms with Crippen LogP contribution in [-0.2, 0) is 11.3 Å². The fourth-order valence-electron chi connectivity index (χ4n) is 2.35. The predicted molar refractivity (Wildman–Crippen MR) is 92.1 cm³/mol. The van der Waals surface area contributed by atoms with Crippen molar-refractivity contribution in [1.29, 1.82) is 0 Å². The van der Waals surface area contributed by atoms with Gasteiger partial charge in [-0.1, -0.05) is 18.7 Å². The highest BCUT2D eigenvalue weighted by Gasteiger charge is 2.12. The standard InChI is InChI=1S/C15H19N7OS/c1-4-7-21-12(5-6-16-21)18-13(23)9-24-15-19-14-17-10(2)8-11(3)22(14)20-15/h5-6,8H,4,7,9H2,1-3H3,(H,18,23). The number of hydrogen-bond acceptors (Lipinski definition) is 6. The zero-order valence-electron chi connectivity index (χ0n) is 13.9. The second kappa shape index (κ2) is 7.00. The molecule has 126 valence electrons. The number of nitrogens with zero attached hydrogens (tertiary/aromatic N) is 6. The number of hydrogen-bond donors (Lipinski definition) is 1. The third kappa shape index (κ3) is 3.56. The topological polar surface area (TPSA) is 90.0 Å². The predicted octanol–water partition coefficient (Wildman–Crippen LogP) is 2.08. The summed E-state index contributed by atoms with van der Waals surface area (Å²) in [6.45, 7) is 6.71. The fraction of sp³-hybridized carbons (Fsp3) is 0.400. The number of rotatable bonds is 6. The highest BCUT2D eigenvalue weighted by Crippen LogP contribution is 2.16. The van der Waals surface area contributed by atoms with Gasteiger partial charge in [-0.2, -0.15) is 10.1 Å². The van der Waals surface area contributed by atoms with Gasteiger partial charge in [0, 0.05) is 24.0 Å². The molecule has 0 unspecified atom stereocenters. The number of thioether (sulfide) groups is 1. The van der Waals surface area contributed by atoms with Crippen LogP contribution in [0.4, 0.5) is 5.82 Å². The van der Waals surface area contributed by atoms with Gasteiger partial charge in [-0.15, -0.1) is 5.10 Å². The second-order valence-corrected chi connectivity index (χ2v) is 6.36. The highest BCUT2D eigenvalue weighted by molar-refractivity contribution is 7.99. The Labute approximate surface area is 143 Å². The summed E-state index contributed by atoms with van der Waals surface area (Å²) in [4.78, 5) is 20.8. The molecule has 0 bridgehead atoms. The van der Waals surface area contributed by atoms with E-state index in [1.807, 2.05) is 19.9 Å². The summed E-state index contributed by atoms with van der Waals surface area (Å²) in [5.41, 5.74) is 1.86. The average Bonchev–Trinajstić information content (AvgIpc) is 3.13. The van der Waals surface area contributed by atoms with Crippen molar-refractivity contribution in [3.63, 3.8) is 0 Å². The molecule has 3 aromatic rings. The van der Waals surface area contributed by atoms with E-state index in [1.165, 1.54) is 11.8 Å². The maximum absolute atomic E-state index is 12.1. The van der Waals surface area contributed by atoms with Crippen molar-refractivity contribution in [2.24, 2.45) is 0 Å². The summed E-state index contributed by atoms with van der Waals surface area (Å²) in [5, 5.41) is 12.0. The lowest BCUT2D eigenvalue weighted by Gasteiger charge is -2.07. The molecule has 3 aromatic heterocycles. The lowest BCUT2D eigenvalue weighted by atomic mass is 10.4. The van der Waals surface area contributed by atoms with Crippen molar-refractivity contribution in [3.05, 3.63) is 29.7 Å². The molecular formula is C15H19N7OS. The highest BCUT2D eigenvalue weighted by atomic mass is 32.2. The van der Waals surface area contributed by atoms with Crippen LogP contribution in [0.2, 0.25) is 0 Å². The van der Waals surface area contributed by atoms with Gasteiger partial charge in [0.1, 0.15) is 5.82 Å². The van der Waals surface area contributed by atoms with Crippen molar-refractivity contribution >= 4 is 29.3 Å². The van der Waals surface area contributed by atoms with Crippen molar-refractivity contribution in [3.8, 4) is 0 Å². The van der Waals surface area contributed by atoms with E-state index in [-0.39, 0.29) is 11.7 Å². The third-order valence-corrected chi connectivity index (χ3v) is 4.19. The first kappa shape index (κ1) is 16.4. The van der Waals surface area contributed by atoms with E-state index in [2.05, 4.69) is 32.4 Å². The van der Waals surface area contributed by atoms with E-state index in [0.717, 1.165) is 24.4 Å². The van der Waals surface area contributed by atoms with Crippen LogP contribution in [0.3, 0.4) is 0 Å².